The molecule has 1 saturated heterocycles. The van der Waals surface area contributed by atoms with Crippen molar-refractivity contribution in [2.45, 2.75) is 26.4 Å². The van der Waals surface area contributed by atoms with E-state index in [-0.39, 0.29) is 0 Å². The van der Waals surface area contributed by atoms with E-state index in [0.29, 0.717) is 0 Å². The highest BCUT2D eigenvalue weighted by molar-refractivity contribution is 5.50. The van der Waals surface area contributed by atoms with Gasteiger partial charge in [0.25, 0.3) is 0 Å². The fraction of sp³-hybridized carbons (Fsp3) is 0.450. The topological polar surface area (TPSA) is 33.5 Å². The van der Waals surface area contributed by atoms with Gasteiger partial charge in [0, 0.05) is 56.2 Å². The number of anilines is 1. The Morgan fingerprint density at radius 3 is 2.92 bits per heavy atom. The zero-order chi connectivity index (χ0) is 17.6. The number of rotatable bonds is 6. The van der Waals surface area contributed by atoms with Crippen LogP contribution >= 0.6 is 0 Å². The molecule has 5 heteroatoms. The van der Waals surface area contributed by atoms with E-state index >= 15 is 0 Å². The summed E-state index contributed by atoms with van der Waals surface area (Å²) in [5.74, 6) is 0.920. The Kier molecular flexibility index (Phi) is 5.76. The highest BCUT2D eigenvalue weighted by Crippen LogP contribution is 2.22. The van der Waals surface area contributed by atoms with E-state index in [1.54, 1.807) is 7.11 Å². The third-order valence-electron chi connectivity index (χ3n) is 4.77. The van der Waals surface area contributed by atoms with E-state index in [4.69, 9.17) is 4.74 Å². The maximum Gasteiger partial charge on any atom is 0.120 e. The van der Waals surface area contributed by atoms with Gasteiger partial charge in [-0.05, 0) is 25.5 Å². The summed E-state index contributed by atoms with van der Waals surface area (Å²) in [6.45, 7) is 11.9. The molecule has 1 aromatic carbocycles. The molecule has 0 N–H and O–H groups in total. The Hall–Kier alpha value is -2.27. The predicted octanol–water partition coefficient (Wildman–Crippen LogP) is 3.10. The normalized spacial score (nSPS) is 15.8. The SMILES string of the molecule is C=CCn1cc(CN2CCCN(c3cccc(OC)c3)CC2)c(C)n1. The van der Waals surface area contributed by atoms with E-state index in [1.807, 2.05) is 16.8 Å². The van der Waals surface area contributed by atoms with Gasteiger partial charge in [-0.25, -0.2) is 0 Å². The number of benzene rings is 1. The first-order valence-corrected chi connectivity index (χ1v) is 8.95. The summed E-state index contributed by atoms with van der Waals surface area (Å²) < 4.78 is 7.33. The zero-order valence-electron chi connectivity index (χ0n) is 15.3. The Labute approximate surface area is 150 Å². The molecule has 0 amide bonds. The smallest absolute Gasteiger partial charge is 0.120 e. The molecule has 0 aliphatic carbocycles. The van der Waals surface area contributed by atoms with Crippen LogP contribution in [-0.4, -0.2) is 48.0 Å². The summed E-state index contributed by atoms with van der Waals surface area (Å²) in [5, 5.41) is 4.57. The molecule has 0 spiro atoms. The van der Waals surface area contributed by atoms with Gasteiger partial charge >= 0.3 is 0 Å². The zero-order valence-corrected chi connectivity index (χ0v) is 15.3. The van der Waals surface area contributed by atoms with Gasteiger partial charge in [-0.15, -0.1) is 6.58 Å². The summed E-state index contributed by atoms with van der Waals surface area (Å²) >= 11 is 0. The summed E-state index contributed by atoms with van der Waals surface area (Å²) in [5.41, 5.74) is 3.68. The highest BCUT2D eigenvalue weighted by Gasteiger charge is 2.17. The molecule has 2 heterocycles. The Morgan fingerprint density at radius 1 is 1.24 bits per heavy atom. The van der Waals surface area contributed by atoms with Gasteiger partial charge in [0.2, 0.25) is 0 Å². The Balaban J connectivity index is 1.62. The van der Waals surface area contributed by atoms with Crippen molar-refractivity contribution in [2.24, 2.45) is 0 Å². The first-order chi connectivity index (χ1) is 12.2. The standard InChI is InChI=1S/C20H28N4O/c1-4-9-24-16-18(17(2)21-24)15-22-10-6-11-23(13-12-22)19-7-5-8-20(14-19)25-3/h4-5,7-8,14,16H,1,6,9-13,15H2,2-3H3. The molecule has 1 aliphatic heterocycles. The number of aryl methyl sites for hydroxylation is 1. The molecule has 1 aliphatic rings. The molecular weight excluding hydrogens is 312 g/mol. The van der Waals surface area contributed by atoms with Crippen molar-refractivity contribution in [3.05, 3.63) is 54.4 Å². The van der Waals surface area contributed by atoms with Gasteiger partial charge in [-0.3, -0.25) is 9.58 Å². The lowest BCUT2D eigenvalue weighted by Gasteiger charge is -2.24. The monoisotopic (exact) mass is 340 g/mol. The molecule has 1 fully saturated rings. The second-order valence-corrected chi connectivity index (χ2v) is 6.57. The largest absolute Gasteiger partial charge is 0.497 e. The van der Waals surface area contributed by atoms with Crippen LogP contribution < -0.4 is 9.64 Å². The fourth-order valence-electron chi connectivity index (χ4n) is 3.38. The molecular formula is C20H28N4O. The molecule has 25 heavy (non-hydrogen) atoms. The average Bonchev–Trinajstić information content (AvgIpc) is 2.83. The van der Waals surface area contributed by atoms with Crippen molar-refractivity contribution in [1.82, 2.24) is 14.7 Å². The van der Waals surface area contributed by atoms with Crippen LogP contribution in [-0.2, 0) is 13.1 Å². The van der Waals surface area contributed by atoms with Crippen molar-refractivity contribution in [2.75, 3.05) is 38.2 Å². The van der Waals surface area contributed by atoms with Crippen LogP contribution in [0.25, 0.3) is 0 Å². The van der Waals surface area contributed by atoms with Gasteiger partial charge in [0.15, 0.2) is 0 Å². The van der Waals surface area contributed by atoms with Crippen molar-refractivity contribution in [3.8, 4) is 5.75 Å². The van der Waals surface area contributed by atoms with Gasteiger partial charge in [0.1, 0.15) is 5.75 Å². The lowest BCUT2D eigenvalue weighted by atomic mass is 10.2. The van der Waals surface area contributed by atoms with E-state index in [2.05, 4.69) is 52.8 Å². The molecule has 0 atom stereocenters. The summed E-state index contributed by atoms with van der Waals surface area (Å²) in [6, 6.07) is 8.35. The van der Waals surface area contributed by atoms with Crippen molar-refractivity contribution >= 4 is 5.69 Å². The van der Waals surface area contributed by atoms with Crippen LogP contribution in [0, 0.1) is 6.92 Å². The fourth-order valence-corrected chi connectivity index (χ4v) is 3.38. The Bertz CT molecular complexity index is 709. The van der Waals surface area contributed by atoms with Gasteiger partial charge in [-0.1, -0.05) is 12.1 Å². The van der Waals surface area contributed by atoms with Crippen LogP contribution in [0.4, 0.5) is 5.69 Å². The molecule has 3 rings (SSSR count). The maximum absolute atomic E-state index is 5.36. The van der Waals surface area contributed by atoms with Crippen molar-refractivity contribution < 1.29 is 4.74 Å². The summed E-state index contributed by atoms with van der Waals surface area (Å²) in [6.07, 6.45) is 5.20. The second kappa shape index (κ2) is 8.21. The number of hydrogen-bond acceptors (Lipinski definition) is 4. The Morgan fingerprint density at radius 2 is 2.12 bits per heavy atom. The van der Waals surface area contributed by atoms with Crippen molar-refractivity contribution in [1.29, 1.82) is 0 Å². The van der Waals surface area contributed by atoms with E-state index in [1.165, 1.54) is 11.3 Å². The summed E-state index contributed by atoms with van der Waals surface area (Å²) in [7, 11) is 1.72. The number of hydrogen-bond donors (Lipinski definition) is 0. The minimum atomic E-state index is 0.768. The first-order valence-electron chi connectivity index (χ1n) is 8.95. The van der Waals surface area contributed by atoms with Crippen LogP contribution in [0.3, 0.4) is 0 Å². The highest BCUT2D eigenvalue weighted by atomic mass is 16.5. The molecule has 0 unspecified atom stereocenters. The predicted molar refractivity (Wildman–Crippen MR) is 102 cm³/mol. The van der Waals surface area contributed by atoms with Gasteiger partial charge in [-0.2, -0.15) is 5.10 Å². The van der Waals surface area contributed by atoms with Gasteiger partial charge in [0.05, 0.1) is 19.3 Å². The first kappa shape index (κ1) is 17.5. The molecule has 5 nitrogen and oxygen atoms in total. The number of aromatic nitrogens is 2. The van der Waals surface area contributed by atoms with Gasteiger partial charge < -0.3 is 9.64 Å². The molecule has 0 bridgehead atoms. The number of nitrogens with zero attached hydrogens (tertiary/aromatic N) is 4. The lowest BCUT2D eigenvalue weighted by Crippen LogP contribution is -2.30. The van der Waals surface area contributed by atoms with Crippen LogP contribution in [0.15, 0.2) is 43.1 Å². The van der Waals surface area contributed by atoms with Crippen LogP contribution in [0.1, 0.15) is 17.7 Å². The molecule has 1 aromatic heterocycles. The van der Waals surface area contributed by atoms with Crippen molar-refractivity contribution in [3.63, 3.8) is 0 Å². The number of ether oxygens (including phenoxy) is 1. The number of allylic oxidation sites excluding steroid dienone is 1. The lowest BCUT2D eigenvalue weighted by molar-refractivity contribution is 0.285. The maximum atomic E-state index is 5.36. The van der Waals surface area contributed by atoms with E-state index < -0.39 is 0 Å². The van der Waals surface area contributed by atoms with Crippen LogP contribution in [0.5, 0.6) is 5.75 Å². The third kappa shape index (κ3) is 4.42. The quantitative estimate of drug-likeness (QED) is 0.757. The number of methoxy groups -OCH3 is 1. The molecule has 0 saturated carbocycles. The summed E-state index contributed by atoms with van der Waals surface area (Å²) in [4.78, 5) is 4.99. The second-order valence-electron chi connectivity index (χ2n) is 6.57. The minimum Gasteiger partial charge on any atom is -0.497 e. The third-order valence-corrected chi connectivity index (χ3v) is 4.77. The minimum absolute atomic E-state index is 0.768. The average molecular weight is 340 g/mol. The van der Waals surface area contributed by atoms with Crippen LogP contribution in [0.2, 0.25) is 0 Å². The molecule has 0 radical (unpaired) electrons. The van der Waals surface area contributed by atoms with E-state index in [0.717, 1.165) is 57.1 Å². The molecule has 134 valence electrons. The molecule has 2 aromatic rings. The van der Waals surface area contributed by atoms with E-state index in [9.17, 15) is 0 Å².